The van der Waals surface area contributed by atoms with E-state index < -0.39 is 0 Å². The third-order valence-electron chi connectivity index (χ3n) is 12.4. The van der Waals surface area contributed by atoms with Gasteiger partial charge in [0.05, 0.1) is 0 Å². The number of hydrogen-bond donors (Lipinski definition) is 2. The highest BCUT2D eigenvalue weighted by atomic mass is 16.2. The van der Waals surface area contributed by atoms with Crippen LogP contribution in [0.4, 0.5) is 11.4 Å². The van der Waals surface area contributed by atoms with Crippen LogP contribution in [0.1, 0.15) is 194 Å². The molecule has 0 unspecified atom stereocenters. The first-order chi connectivity index (χ1) is 31.8. The van der Waals surface area contributed by atoms with Crippen LogP contribution in [0.15, 0.2) is 97.1 Å². The molecule has 2 N–H and O–H groups in total. The number of allylic oxidation sites excluding steroid dienone is 2. The van der Waals surface area contributed by atoms with Crippen LogP contribution in [0.3, 0.4) is 0 Å². The summed E-state index contributed by atoms with van der Waals surface area (Å²) in [5, 5.41) is 8.13. The molecule has 5 aromatic rings. The van der Waals surface area contributed by atoms with Crippen molar-refractivity contribution in [3.63, 3.8) is 0 Å². The minimum absolute atomic E-state index is 0.0128. The summed E-state index contributed by atoms with van der Waals surface area (Å²) >= 11 is 0. The van der Waals surface area contributed by atoms with Crippen LogP contribution in [0.2, 0.25) is 0 Å². The number of carbonyl (C=O) groups excluding carboxylic acids is 4. The second kappa shape index (κ2) is 28.4. The Morgan fingerprint density at radius 2 is 0.785 bits per heavy atom. The quantitative estimate of drug-likeness (QED) is 0.0263. The maximum Gasteiger partial charge on any atom is 0.224 e. The van der Waals surface area contributed by atoms with Crippen LogP contribution in [-0.4, -0.2) is 27.9 Å². The Hall–Kier alpha value is -5.56. The van der Waals surface area contributed by atoms with Gasteiger partial charge >= 0.3 is 0 Å². The van der Waals surface area contributed by atoms with Gasteiger partial charge in [0, 0.05) is 63.7 Å². The van der Waals surface area contributed by atoms with E-state index in [-0.39, 0.29) is 23.4 Å². The first-order valence-corrected chi connectivity index (χ1v) is 25.1. The lowest BCUT2D eigenvalue weighted by molar-refractivity contribution is -0.117. The third kappa shape index (κ3) is 17.1. The van der Waals surface area contributed by atoms with Crippen LogP contribution in [0.5, 0.6) is 0 Å². The number of rotatable bonds is 31. The first kappa shape index (κ1) is 50.4. The molecule has 5 rings (SSSR count). The molecule has 0 saturated heterocycles. The monoisotopic (exact) mass is 878 g/mol. The molecular weight excluding hydrogens is 803 g/mol. The molecule has 2 amide bonds. The number of fused-ring (bicyclic) bond motifs is 3. The van der Waals surface area contributed by atoms with Gasteiger partial charge in [-0.1, -0.05) is 154 Å². The second-order valence-corrected chi connectivity index (χ2v) is 17.9. The number of hydrogen-bond acceptors (Lipinski definition) is 4. The number of carbonyl (C=O) groups is 4. The smallest absolute Gasteiger partial charge is 0.224 e. The summed E-state index contributed by atoms with van der Waals surface area (Å²) in [5.74, 6) is -0.189. The molecule has 0 spiro atoms. The normalized spacial score (nSPS) is 11.6. The van der Waals surface area contributed by atoms with Crippen molar-refractivity contribution in [1.29, 1.82) is 0 Å². The van der Waals surface area contributed by atoms with Gasteiger partial charge in [-0.05, 0) is 115 Å². The molecular formula is C58H75N3O4. The Morgan fingerprint density at radius 3 is 1.15 bits per heavy atom. The van der Waals surface area contributed by atoms with Gasteiger partial charge in [0.25, 0.3) is 0 Å². The van der Waals surface area contributed by atoms with Gasteiger partial charge in [0.1, 0.15) is 0 Å². The lowest BCUT2D eigenvalue weighted by Crippen LogP contribution is -2.11. The van der Waals surface area contributed by atoms with Crippen molar-refractivity contribution in [2.24, 2.45) is 0 Å². The number of amides is 2. The van der Waals surface area contributed by atoms with Crippen LogP contribution >= 0.6 is 0 Å². The molecule has 1 heterocycles. The number of ketones is 2. The van der Waals surface area contributed by atoms with Gasteiger partial charge < -0.3 is 15.2 Å². The van der Waals surface area contributed by atoms with Crippen LogP contribution in [-0.2, 0) is 16.1 Å². The van der Waals surface area contributed by atoms with E-state index in [4.69, 9.17) is 0 Å². The van der Waals surface area contributed by atoms with Gasteiger partial charge in [0.2, 0.25) is 11.8 Å². The van der Waals surface area contributed by atoms with E-state index in [1.54, 1.807) is 60.7 Å². The molecule has 0 aliphatic carbocycles. The number of unbranched alkanes of at least 4 members (excludes halogenated alkanes) is 17. The Kier molecular flexibility index (Phi) is 22.0. The number of benzene rings is 4. The predicted octanol–water partition coefficient (Wildman–Crippen LogP) is 16.1. The summed E-state index contributed by atoms with van der Waals surface area (Å²) in [6, 6.07) is 26.9. The second-order valence-electron chi connectivity index (χ2n) is 17.9. The van der Waals surface area contributed by atoms with E-state index >= 15 is 0 Å². The largest absolute Gasteiger partial charge is 0.340 e. The fourth-order valence-corrected chi connectivity index (χ4v) is 8.52. The van der Waals surface area contributed by atoms with Crippen molar-refractivity contribution in [2.45, 2.75) is 169 Å². The topological polar surface area (TPSA) is 97.3 Å². The summed E-state index contributed by atoms with van der Waals surface area (Å²) in [7, 11) is 0. The lowest BCUT2D eigenvalue weighted by atomic mass is 10.0. The summed E-state index contributed by atoms with van der Waals surface area (Å²) in [6.07, 6.45) is 32.0. The summed E-state index contributed by atoms with van der Waals surface area (Å²) in [5.41, 5.74) is 6.61. The molecule has 0 atom stereocenters. The average molecular weight is 878 g/mol. The van der Waals surface area contributed by atoms with Crippen molar-refractivity contribution in [1.82, 2.24) is 4.57 Å². The van der Waals surface area contributed by atoms with Crippen molar-refractivity contribution < 1.29 is 19.2 Å². The minimum atomic E-state index is -0.108. The molecule has 0 fully saturated rings. The van der Waals surface area contributed by atoms with E-state index in [2.05, 4.69) is 60.2 Å². The average Bonchev–Trinajstić information content (AvgIpc) is 3.62. The molecule has 65 heavy (non-hydrogen) atoms. The number of nitrogens with one attached hydrogen (secondary N) is 2. The van der Waals surface area contributed by atoms with E-state index in [1.165, 1.54) is 89.9 Å². The van der Waals surface area contributed by atoms with E-state index in [1.807, 2.05) is 24.3 Å². The Balaban J connectivity index is 1.15. The lowest BCUT2D eigenvalue weighted by Gasteiger charge is -2.07. The summed E-state index contributed by atoms with van der Waals surface area (Å²) in [6.45, 7) is 7.56. The molecule has 0 saturated carbocycles. The van der Waals surface area contributed by atoms with Gasteiger partial charge in [-0.3, -0.25) is 19.2 Å². The van der Waals surface area contributed by atoms with Crippen molar-refractivity contribution >= 4 is 68.7 Å². The highest BCUT2D eigenvalue weighted by molar-refractivity contribution is 6.11. The van der Waals surface area contributed by atoms with E-state index in [0.29, 0.717) is 35.3 Å². The Morgan fingerprint density at radius 1 is 0.431 bits per heavy atom. The van der Waals surface area contributed by atoms with Crippen molar-refractivity contribution in [2.75, 3.05) is 10.6 Å². The van der Waals surface area contributed by atoms with E-state index in [0.717, 1.165) is 78.0 Å². The van der Waals surface area contributed by atoms with Gasteiger partial charge in [-0.2, -0.15) is 0 Å². The number of nitrogens with zero attached hydrogens (tertiary/aromatic N) is 1. The Bertz CT molecular complexity index is 2160. The van der Waals surface area contributed by atoms with Crippen molar-refractivity contribution in [3.8, 4) is 0 Å². The SMILES string of the molecule is CCCCCCCCCCCC(=O)Nc1ccc(C(=O)/C=C/c2ccc3c(c2)c2cc(/C=C/C(=O)c4ccc(NC(=O)CCCCCCCCCCC)cc4)ccc2n3CCCC)cc1. The highest BCUT2D eigenvalue weighted by Crippen LogP contribution is 2.32. The molecule has 1 aromatic heterocycles. The maximum absolute atomic E-state index is 13.2. The molecule has 0 aliphatic heterocycles. The molecule has 0 aliphatic rings. The zero-order valence-electron chi connectivity index (χ0n) is 39.7. The molecule has 4 aromatic carbocycles. The summed E-state index contributed by atoms with van der Waals surface area (Å²) in [4.78, 5) is 51.5. The van der Waals surface area contributed by atoms with Crippen molar-refractivity contribution in [3.05, 3.63) is 119 Å². The van der Waals surface area contributed by atoms with Gasteiger partial charge in [-0.25, -0.2) is 0 Å². The Labute approximate surface area is 389 Å². The van der Waals surface area contributed by atoms with Gasteiger partial charge in [-0.15, -0.1) is 0 Å². The van der Waals surface area contributed by atoms with E-state index in [9.17, 15) is 19.2 Å². The highest BCUT2D eigenvalue weighted by Gasteiger charge is 2.13. The molecule has 346 valence electrons. The first-order valence-electron chi connectivity index (χ1n) is 25.1. The molecule has 7 nitrogen and oxygen atoms in total. The predicted molar refractivity (Wildman–Crippen MR) is 275 cm³/mol. The third-order valence-corrected chi connectivity index (χ3v) is 12.4. The number of aromatic nitrogens is 1. The minimum Gasteiger partial charge on any atom is -0.340 e. The van der Waals surface area contributed by atoms with Crippen LogP contribution in [0.25, 0.3) is 34.0 Å². The zero-order chi connectivity index (χ0) is 46.1. The standard InChI is InChI=1S/C58H75N3O4/c1-4-7-10-12-14-16-18-20-22-24-57(64)59-49-34-30-47(31-35-49)55(62)40-28-45-26-38-53-51(43-45)52-44-46(27-39-54(52)61(53)42-9-6-3)29-41-56(63)48-32-36-50(37-33-48)60-58(65)25-23-21-19-17-15-13-11-8-5-2/h26-41,43-44H,4-25,42H2,1-3H3,(H,59,64)(H,60,65)/b40-28+,41-29+. The zero-order valence-corrected chi connectivity index (χ0v) is 39.7. The van der Waals surface area contributed by atoms with Crippen LogP contribution < -0.4 is 10.6 Å². The fourth-order valence-electron chi connectivity index (χ4n) is 8.52. The molecule has 7 heteroatoms. The van der Waals surface area contributed by atoms with Crippen LogP contribution in [0, 0.1) is 0 Å². The number of aryl methyl sites for hydroxylation is 1. The molecule has 0 bridgehead atoms. The van der Waals surface area contributed by atoms with Gasteiger partial charge in [0.15, 0.2) is 11.6 Å². The number of anilines is 2. The maximum atomic E-state index is 13.2. The molecule has 0 radical (unpaired) electrons. The fraction of sp³-hybridized carbons (Fsp3) is 0.448. The summed E-state index contributed by atoms with van der Waals surface area (Å²) < 4.78 is 2.36.